The maximum Gasteiger partial charge on any atom is 0.199 e. The second-order valence-corrected chi connectivity index (χ2v) is 7.42. The molecule has 4 aromatic rings. The molecule has 146 valence electrons. The number of thiophene rings is 1. The summed E-state index contributed by atoms with van der Waals surface area (Å²) in [5.41, 5.74) is 3.06. The van der Waals surface area contributed by atoms with Gasteiger partial charge in [-0.1, -0.05) is 0 Å². The molecule has 0 aromatic carbocycles. The SMILES string of the molecule is O=Cc1cc(-c2cnc(Nc3ccc(N4CCOCC4)nc3)c3ncnn23)cs1. The van der Waals surface area contributed by atoms with Crippen LogP contribution in [-0.2, 0) is 4.74 Å². The average Bonchev–Trinajstić information content (AvgIpc) is 3.45. The summed E-state index contributed by atoms with van der Waals surface area (Å²) in [5.74, 6) is 1.51. The Balaban J connectivity index is 1.41. The minimum absolute atomic E-state index is 0.581. The number of rotatable bonds is 5. The maximum atomic E-state index is 11.0. The zero-order valence-corrected chi connectivity index (χ0v) is 16.2. The largest absolute Gasteiger partial charge is 0.378 e. The highest BCUT2D eigenvalue weighted by Gasteiger charge is 2.15. The van der Waals surface area contributed by atoms with Gasteiger partial charge in [0.25, 0.3) is 0 Å². The van der Waals surface area contributed by atoms with Gasteiger partial charge < -0.3 is 15.0 Å². The molecule has 0 amide bonds. The lowest BCUT2D eigenvalue weighted by Gasteiger charge is -2.27. The number of anilines is 3. The van der Waals surface area contributed by atoms with Crippen LogP contribution in [0.5, 0.6) is 0 Å². The van der Waals surface area contributed by atoms with Crippen LogP contribution in [0.15, 0.2) is 42.3 Å². The molecule has 0 aliphatic carbocycles. The van der Waals surface area contributed by atoms with E-state index in [2.05, 4.69) is 30.3 Å². The third kappa shape index (κ3) is 3.43. The van der Waals surface area contributed by atoms with Crippen molar-refractivity contribution in [3.63, 3.8) is 0 Å². The Morgan fingerprint density at radius 1 is 1.14 bits per heavy atom. The standard InChI is InChI=1S/C19H17N7O2S/c27-10-15-7-13(11-29-15)16-9-21-18(19-22-12-23-26(16)19)24-14-1-2-17(20-8-14)25-3-5-28-6-4-25/h1-2,7-12H,3-6H2,(H,21,24). The van der Waals surface area contributed by atoms with Crippen LogP contribution in [0.25, 0.3) is 16.9 Å². The number of aldehydes is 1. The summed E-state index contributed by atoms with van der Waals surface area (Å²) in [5, 5.41) is 9.49. The molecule has 0 saturated carbocycles. The van der Waals surface area contributed by atoms with Gasteiger partial charge in [0, 0.05) is 24.0 Å². The molecular weight excluding hydrogens is 390 g/mol. The number of hydrogen-bond acceptors (Lipinski definition) is 9. The highest BCUT2D eigenvalue weighted by molar-refractivity contribution is 7.12. The summed E-state index contributed by atoms with van der Waals surface area (Å²) in [7, 11) is 0. The van der Waals surface area contributed by atoms with Gasteiger partial charge in [-0.3, -0.25) is 4.79 Å². The molecule has 0 bridgehead atoms. The van der Waals surface area contributed by atoms with Crippen LogP contribution >= 0.6 is 11.3 Å². The van der Waals surface area contributed by atoms with E-state index in [1.807, 2.05) is 23.6 Å². The third-order valence-electron chi connectivity index (χ3n) is 4.68. The molecule has 1 fully saturated rings. The van der Waals surface area contributed by atoms with Crippen LogP contribution < -0.4 is 10.2 Å². The molecule has 1 aliphatic rings. The first kappa shape index (κ1) is 17.7. The van der Waals surface area contributed by atoms with Gasteiger partial charge in [0.05, 0.1) is 41.9 Å². The van der Waals surface area contributed by atoms with Crippen molar-refractivity contribution in [2.75, 3.05) is 36.5 Å². The molecule has 0 atom stereocenters. The van der Waals surface area contributed by atoms with Gasteiger partial charge >= 0.3 is 0 Å². The fourth-order valence-corrected chi connectivity index (χ4v) is 3.93. The minimum Gasteiger partial charge on any atom is -0.378 e. The molecule has 29 heavy (non-hydrogen) atoms. The lowest BCUT2D eigenvalue weighted by molar-refractivity contribution is 0.112. The highest BCUT2D eigenvalue weighted by atomic mass is 32.1. The number of nitrogens with zero attached hydrogens (tertiary/aromatic N) is 6. The first-order chi connectivity index (χ1) is 14.3. The number of aromatic nitrogens is 5. The monoisotopic (exact) mass is 407 g/mol. The smallest absolute Gasteiger partial charge is 0.199 e. The van der Waals surface area contributed by atoms with Gasteiger partial charge in [-0.05, 0) is 18.2 Å². The topological polar surface area (TPSA) is 97.5 Å². The lowest BCUT2D eigenvalue weighted by atomic mass is 10.2. The van der Waals surface area contributed by atoms with Crippen molar-refractivity contribution >= 4 is 40.6 Å². The summed E-state index contributed by atoms with van der Waals surface area (Å²) in [6, 6.07) is 5.77. The first-order valence-corrected chi connectivity index (χ1v) is 9.98. The van der Waals surface area contributed by atoms with Crippen molar-refractivity contribution in [3.05, 3.63) is 47.2 Å². The Hall–Kier alpha value is -3.37. The Morgan fingerprint density at radius 2 is 2.03 bits per heavy atom. The lowest BCUT2D eigenvalue weighted by Crippen LogP contribution is -2.36. The molecule has 0 radical (unpaired) electrons. The van der Waals surface area contributed by atoms with Crippen LogP contribution in [0.4, 0.5) is 17.3 Å². The van der Waals surface area contributed by atoms with Crippen molar-refractivity contribution in [2.24, 2.45) is 0 Å². The first-order valence-electron chi connectivity index (χ1n) is 9.10. The van der Waals surface area contributed by atoms with Crippen LogP contribution in [0.1, 0.15) is 9.67 Å². The summed E-state index contributed by atoms with van der Waals surface area (Å²) in [4.78, 5) is 27.2. The van der Waals surface area contributed by atoms with E-state index in [9.17, 15) is 4.79 Å². The van der Waals surface area contributed by atoms with E-state index in [1.165, 1.54) is 17.7 Å². The zero-order chi connectivity index (χ0) is 19.6. The van der Waals surface area contributed by atoms with Gasteiger partial charge in [-0.15, -0.1) is 11.3 Å². The van der Waals surface area contributed by atoms with Gasteiger partial charge in [0.15, 0.2) is 17.8 Å². The summed E-state index contributed by atoms with van der Waals surface area (Å²) in [6.45, 7) is 3.14. The number of ether oxygens (including phenoxy) is 1. The Kier molecular flexibility index (Phi) is 4.62. The Bertz CT molecular complexity index is 1150. The molecule has 5 rings (SSSR count). The van der Waals surface area contributed by atoms with Gasteiger partial charge in [-0.25, -0.2) is 19.5 Å². The van der Waals surface area contributed by atoms with Crippen LogP contribution in [0.2, 0.25) is 0 Å². The molecule has 10 heteroatoms. The normalized spacial score (nSPS) is 14.3. The Labute approximate surface area is 170 Å². The van der Waals surface area contributed by atoms with Crippen molar-refractivity contribution in [2.45, 2.75) is 0 Å². The minimum atomic E-state index is 0.581. The van der Waals surface area contributed by atoms with E-state index in [4.69, 9.17) is 4.74 Å². The van der Waals surface area contributed by atoms with Crippen LogP contribution in [0, 0.1) is 0 Å². The second kappa shape index (κ2) is 7.57. The molecule has 0 spiro atoms. The third-order valence-corrected chi connectivity index (χ3v) is 5.54. The number of hydrogen-bond donors (Lipinski definition) is 1. The molecule has 1 aliphatic heterocycles. The molecule has 1 saturated heterocycles. The van der Waals surface area contributed by atoms with Crippen LogP contribution in [-0.4, -0.2) is 57.2 Å². The van der Waals surface area contributed by atoms with E-state index in [-0.39, 0.29) is 0 Å². The van der Waals surface area contributed by atoms with Gasteiger partial charge in [0.2, 0.25) is 0 Å². The summed E-state index contributed by atoms with van der Waals surface area (Å²) >= 11 is 1.38. The predicted octanol–water partition coefficient (Wildman–Crippen LogP) is 2.64. The van der Waals surface area contributed by atoms with Crippen LogP contribution in [0.3, 0.4) is 0 Å². The van der Waals surface area contributed by atoms with E-state index in [0.29, 0.717) is 16.3 Å². The fraction of sp³-hybridized carbons (Fsp3) is 0.211. The molecule has 0 unspecified atom stereocenters. The second-order valence-electron chi connectivity index (χ2n) is 6.47. The highest BCUT2D eigenvalue weighted by Crippen LogP contribution is 2.27. The number of morpholine rings is 1. The quantitative estimate of drug-likeness (QED) is 0.504. The summed E-state index contributed by atoms with van der Waals surface area (Å²) in [6.07, 6.45) is 5.82. The predicted molar refractivity (Wildman–Crippen MR) is 110 cm³/mol. The fourth-order valence-electron chi connectivity index (χ4n) is 3.23. The van der Waals surface area contributed by atoms with Crippen molar-refractivity contribution < 1.29 is 9.53 Å². The molecule has 4 aromatic heterocycles. The van der Waals surface area contributed by atoms with Gasteiger partial charge in [0.1, 0.15) is 12.1 Å². The molecular formula is C19H17N7O2S. The number of carbonyl (C=O) groups is 1. The maximum absolute atomic E-state index is 11.0. The number of fused-ring (bicyclic) bond motifs is 1. The number of carbonyl (C=O) groups excluding carboxylic acids is 1. The van der Waals surface area contributed by atoms with Crippen molar-refractivity contribution in [3.8, 4) is 11.3 Å². The van der Waals surface area contributed by atoms with E-state index in [1.54, 1.807) is 16.9 Å². The zero-order valence-electron chi connectivity index (χ0n) is 15.4. The summed E-state index contributed by atoms with van der Waals surface area (Å²) < 4.78 is 7.09. The van der Waals surface area contributed by atoms with Crippen molar-refractivity contribution in [1.82, 2.24) is 24.6 Å². The molecule has 5 heterocycles. The molecule has 9 nitrogen and oxygen atoms in total. The average molecular weight is 407 g/mol. The number of pyridine rings is 1. The van der Waals surface area contributed by atoms with E-state index >= 15 is 0 Å². The van der Waals surface area contributed by atoms with E-state index < -0.39 is 0 Å². The number of nitrogens with one attached hydrogen (secondary N) is 1. The van der Waals surface area contributed by atoms with Gasteiger partial charge in [-0.2, -0.15) is 5.10 Å². The van der Waals surface area contributed by atoms with Crippen molar-refractivity contribution in [1.29, 1.82) is 0 Å². The molecule has 1 N–H and O–H groups in total. The van der Waals surface area contributed by atoms with E-state index in [0.717, 1.165) is 55.4 Å². The Morgan fingerprint density at radius 3 is 2.79 bits per heavy atom.